The third kappa shape index (κ3) is 3.24. The largest absolute Gasteiger partial charge is 0.319 e. The van der Waals surface area contributed by atoms with Crippen molar-refractivity contribution in [3.63, 3.8) is 0 Å². The fourth-order valence-corrected chi connectivity index (χ4v) is 2.27. The second-order valence-corrected chi connectivity index (χ2v) is 5.45. The molecule has 2 heterocycles. The van der Waals surface area contributed by atoms with Gasteiger partial charge in [-0.15, -0.1) is 0 Å². The molecule has 0 aliphatic heterocycles. The number of imidazole rings is 1. The summed E-state index contributed by atoms with van der Waals surface area (Å²) < 4.78 is 2.69. The van der Waals surface area contributed by atoms with Gasteiger partial charge < -0.3 is 5.32 Å². The van der Waals surface area contributed by atoms with E-state index in [1.807, 2.05) is 18.2 Å². The summed E-state index contributed by atoms with van der Waals surface area (Å²) in [6.45, 7) is 0. The molecular weight excluding hydrogens is 381 g/mol. The van der Waals surface area contributed by atoms with Crippen LogP contribution in [-0.2, 0) is 0 Å². The number of anilines is 1. The number of benzene rings is 1. The summed E-state index contributed by atoms with van der Waals surface area (Å²) in [6.07, 6.45) is 8.14. The minimum atomic E-state index is -0.188. The van der Waals surface area contributed by atoms with Crippen molar-refractivity contribution in [1.29, 1.82) is 0 Å². The van der Waals surface area contributed by atoms with Crippen molar-refractivity contribution in [3.05, 3.63) is 64.5 Å². The van der Waals surface area contributed by atoms with Crippen molar-refractivity contribution in [1.82, 2.24) is 19.5 Å². The molecule has 0 aliphatic rings. The van der Waals surface area contributed by atoms with Gasteiger partial charge in [0.05, 0.1) is 18.1 Å². The minimum Gasteiger partial charge on any atom is -0.319 e. The predicted molar refractivity (Wildman–Crippen MR) is 86.3 cm³/mol. The molecule has 0 aliphatic carbocycles. The number of hydrogen-bond donors (Lipinski definition) is 1. The Morgan fingerprint density at radius 1 is 1.24 bits per heavy atom. The topological polar surface area (TPSA) is 72.7 Å². The van der Waals surface area contributed by atoms with E-state index in [2.05, 4.69) is 42.9 Å². The van der Waals surface area contributed by atoms with Crippen LogP contribution in [0.4, 0.5) is 5.69 Å². The lowest BCUT2D eigenvalue weighted by Crippen LogP contribution is -2.12. The van der Waals surface area contributed by atoms with Crippen LogP contribution in [0.15, 0.2) is 55.4 Å². The minimum absolute atomic E-state index is 0.188. The summed E-state index contributed by atoms with van der Waals surface area (Å²) >= 11 is 2.17. The zero-order valence-corrected chi connectivity index (χ0v) is 12.9. The van der Waals surface area contributed by atoms with Gasteiger partial charge in [-0.25, -0.2) is 15.0 Å². The molecule has 21 heavy (non-hydrogen) atoms. The summed E-state index contributed by atoms with van der Waals surface area (Å²) in [5.41, 5.74) is 1.14. The van der Waals surface area contributed by atoms with Gasteiger partial charge in [-0.05, 0) is 40.8 Å². The highest BCUT2D eigenvalue weighted by atomic mass is 127. The zero-order valence-electron chi connectivity index (χ0n) is 10.8. The van der Waals surface area contributed by atoms with Crippen LogP contribution in [0, 0.1) is 3.57 Å². The van der Waals surface area contributed by atoms with E-state index >= 15 is 0 Å². The van der Waals surface area contributed by atoms with Crippen molar-refractivity contribution in [2.75, 3.05) is 5.32 Å². The molecule has 1 amide bonds. The predicted octanol–water partition coefficient (Wildman–Crippen LogP) is 2.52. The fraction of sp³-hybridized carbons (Fsp3) is 0. The number of aromatic nitrogens is 4. The van der Waals surface area contributed by atoms with Gasteiger partial charge in [0.1, 0.15) is 6.33 Å². The van der Waals surface area contributed by atoms with Crippen molar-refractivity contribution < 1.29 is 4.79 Å². The van der Waals surface area contributed by atoms with Crippen molar-refractivity contribution >= 4 is 34.2 Å². The Labute approximate surface area is 134 Å². The van der Waals surface area contributed by atoms with E-state index in [1.165, 1.54) is 0 Å². The Hall–Kier alpha value is -2.29. The third-order valence-corrected chi connectivity index (χ3v) is 3.39. The van der Waals surface area contributed by atoms with Crippen LogP contribution in [0.25, 0.3) is 5.95 Å². The molecule has 0 unspecified atom stereocenters. The van der Waals surface area contributed by atoms with E-state index < -0.39 is 0 Å². The Balaban J connectivity index is 1.75. The normalized spacial score (nSPS) is 10.3. The Morgan fingerprint density at radius 3 is 2.71 bits per heavy atom. The van der Waals surface area contributed by atoms with Crippen molar-refractivity contribution in [2.45, 2.75) is 0 Å². The van der Waals surface area contributed by atoms with Crippen LogP contribution < -0.4 is 5.32 Å². The molecule has 0 fully saturated rings. The van der Waals surface area contributed by atoms with Crippen LogP contribution in [-0.4, -0.2) is 25.4 Å². The molecule has 0 saturated carbocycles. The first-order valence-corrected chi connectivity index (χ1v) is 7.17. The molecule has 3 aromatic rings. The Morgan fingerprint density at radius 2 is 2.05 bits per heavy atom. The first-order valence-electron chi connectivity index (χ1n) is 6.10. The van der Waals surface area contributed by atoms with Crippen LogP contribution in [0.5, 0.6) is 0 Å². The summed E-state index contributed by atoms with van der Waals surface area (Å²) in [6, 6.07) is 7.35. The molecule has 6 nitrogen and oxygen atoms in total. The van der Waals surface area contributed by atoms with E-state index in [9.17, 15) is 4.79 Å². The number of nitrogens with one attached hydrogen (secondary N) is 1. The lowest BCUT2D eigenvalue weighted by Gasteiger charge is -2.06. The number of hydrogen-bond acceptors (Lipinski definition) is 4. The third-order valence-electron chi connectivity index (χ3n) is 2.72. The molecule has 7 heteroatoms. The van der Waals surface area contributed by atoms with E-state index in [4.69, 9.17) is 0 Å². The van der Waals surface area contributed by atoms with Gasteiger partial charge in [0, 0.05) is 21.5 Å². The molecule has 0 bridgehead atoms. The second-order valence-electron chi connectivity index (χ2n) is 4.21. The summed E-state index contributed by atoms with van der Waals surface area (Å²) in [5.74, 6) is 0.312. The second kappa shape index (κ2) is 6.00. The van der Waals surface area contributed by atoms with Crippen molar-refractivity contribution in [3.8, 4) is 5.95 Å². The van der Waals surface area contributed by atoms with Crippen molar-refractivity contribution in [2.24, 2.45) is 0 Å². The highest BCUT2D eigenvalue weighted by Crippen LogP contribution is 2.11. The van der Waals surface area contributed by atoms with Crippen LogP contribution in [0.3, 0.4) is 0 Å². The first-order chi connectivity index (χ1) is 10.2. The number of rotatable bonds is 3. The van der Waals surface area contributed by atoms with Crippen LogP contribution in [0.1, 0.15) is 10.4 Å². The molecule has 104 valence electrons. The maximum atomic E-state index is 12.1. The average Bonchev–Trinajstić information content (AvgIpc) is 3.02. The number of halogens is 1. The van der Waals surface area contributed by atoms with Gasteiger partial charge in [-0.3, -0.25) is 9.36 Å². The molecule has 0 spiro atoms. The van der Waals surface area contributed by atoms with Gasteiger partial charge in [-0.1, -0.05) is 6.07 Å². The molecule has 0 atom stereocenters. The summed E-state index contributed by atoms with van der Waals surface area (Å²) in [7, 11) is 0. The Kier molecular flexibility index (Phi) is 3.91. The lowest BCUT2D eigenvalue weighted by molar-refractivity contribution is 0.102. The fourth-order valence-electron chi connectivity index (χ4n) is 1.73. The molecule has 0 radical (unpaired) electrons. The van der Waals surface area contributed by atoms with E-state index in [0.717, 1.165) is 3.57 Å². The van der Waals surface area contributed by atoms with Gasteiger partial charge in [-0.2, -0.15) is 0 Å². The highest BCUT2D eigenvalue weighted by molar-refractivity contribution is 14.1. The van der Waals surface area contributed by atoms with Gasteiger partial charge >= 0.3 is 0 Å². The van der Waals surface area contributed by atoms with Crippen LogP contribution in [0.2, 0.25) is 0 Å². The number of amides is 1. The summed E-state index contributed by atoms with van der Waals surface area (Å²) in [5, 5.41) is 2.77. The Bertz CT molecular complexity index is 755. The van der Waals surface area contributed by atoms with E-state index in [-0.39, 0.29) is 5.91 Å². The molecule has 2 aromatic heterocycles. The highest BCUT2D eigenvalue weighted by Gasteiger charge is 2.07. The number of nitrogens with zero attached hydrogens (tertiary/aromatic N) is 4. The van der Waals surface area contributed by atoms with Gasteiger partial charge in [0.15, 0.2) is 0 Å². The van der Waals surface area contributed by atoms with Gasteiger partial charge in [0.25, 0.3) is 5.91 Å². The zero-order chi connectivity index (χ0) is 14.7. The quantitative estimate of drug-likeness (QED) is 0.697. The maximum absolute atomic E-state index is 12.1. The SMILES string of the molecule is O=C(Nc1cnc(-n2ccnc2)nc1)c1cccc(I)c1. The smallest absolute Gasteiger partial charge is 0.255 e. The number of carbonyl (C=O) groups is 1. The molecular formula is C14H10IN5O. The van der Waals surface area contributed by atoms with Crippen LogP contribution >= 0.6 is 22.6 Å². The van der Waals surface area contributed by atoms with E-state index in [1.54, 1.807) is 41.7 Å². The lowest BCUT2D eigenvalue weighted by atomic mass is 10.2. The molecule has 3 rings (SSSR count). The van der Waals surface area contributed by atoms with E-state index in [0.29, 0.717) is 17.2 Å². The number of carbonyl (C=O) groups excluding carboxylic acids is 1. The van der Waals surface area contributed by atoms with Gasteiger partial charge in [0.2, 0.25) is 5.95 Å². The molecule has 1 N–H and O–H groups in total. The monoisotopic (exact) mass is 391 g/mol. The average molecular weight is 391 g/mol. The summed E-state index contributed by atoms with van der Waals surface area (Å²) in [4.78, 5) is 24.4. The first kappa shape index (κ1) is 13.7. The standard InChI is InChI=1S/C14H10IN5O/c15-11-3-1-2-10(6-11)13(21)19-12-7-17-14(18-8-12)20-5-4-16-9-20/h1-9H,(H,19,21). The molecule has 1 aromatic carbocycles. The maximum Gasteiger partial charge on any atom is 0.255 e. The molecule has 0 saturated heterocycles.